The molecule has 162 valence electrons. The first-order valence-electron chi connectivity index (χ1n) is 10.5. The third kappa shape index (κ3) is 4.73. The zero-order valence-corrected chi connectivity index (χ0v) is 19.1. The molecule has 0 spiro atoms. The van der Waals surface area contributed by atoms with E-state index in [-0.39, 0.29) is 11.7 Å². The Hall–Kier alpha value is -3.45. The van der Waals surface area contributed by atoms with Gasteiger partial charge in [-0.3, -0.25) is 14.3 Å². The molecule has 0 aliphatic rings. The van der Waals surface area contributed by atoms with Crippen LogP contribution in [0, 0.1) is 6.92 Å². The van der Waals surface area contributed by atoms with Gasteiger partial charge >= 0.3 is 0 Å². The number of nitrogens with zero attached hydrogens (tertiary/aromatic N) is 4. The summed E-state index contributed by atoms with van der Waals surface area (Å²) in [5, 5.41) is 12.5. The van der Waals surface area contributed by atoms with Crippen molar-refractivity contribution in [2.45, 2.75) is 31.8 Å². The van der Waals surface area contributed by atoms with Gasteiger partial charge in [0.25, 0.3) is 0 Å². The highest BCUT2D eigenvalue weighted by Gasteiger charge is 2.18. The molecule has 6 nitrogen and oxygen atoms in total. The van der Waals surface area contributed by atoms with Crippen molar-refractivity contribution in [3.63, 3.8) is 0 Å². The third-order valence-corrected chi connectivity index (χ3v) is 6.02. The molecule has 1 amide bonds. The molecule has 2 heterocycles. The Morgan fingerprint density at radius 1 is 1.03 bits per heavy atom. The molecule has 2 aromatic heterocycles. The molecule has 4 aromatic rings. The van der Waals surface area contributed by atoms with Crippen molar-refractivity contribution in [1.29, 1.82) is 0 Å². The molecule has 1 N–H and O–H groups in total. The highest BCUT2D eigenvalue weighted by molar-refractivity contribution is 7.99. The van der Waals surface area contributed by atoms with Gasteiger partial charge in [-0.15, -0.1) is 10.2 Å². The lowest BCUT2D eigenvalue weighted by Crippen LogP contribution is -2.17. The number of carbonyl (C=O) groups excluding carboxylic acids is 1. The van der Waals surface area contributed by atoms with Gasteiger partial charge in [0.05, 0.1) is 5.75 Å². The fourth-order valence-electron chi connectivity index (χ4n) is 3.50. The minimum absolute atomic E-state index is 0.0725. The zero-order chi connectivity index (χ0) is 22.5. The van der Waals surface area contributed by atoms with Crippen LogP contribution in [0.1, 0.15) is 30.9 Å². The van der Waals surface area contributed by atoms with Crippen molar-refractivity contribution in [3.05, 3.63) is 84.2 Å². The Morgan fingerprint density at radius 2 is 1.84 bits per heavy atom. The molecule has 0 bridgehead atoms. The SMILES string of the molecule is Cc1cccc(C(C)C)c1NC(=O)CSc1nnc(-c2cccnc2)n1-c1ccccc1. The van der Waals surface area contributed by atoms with Gasteiger partial charge < -0.3 is 5.32 Å². The number of pyridine rings is 1. The number of aromatic nitrogens is 4. The summed E-state index contributed by atoms with van der Waals surface area (Å²) in [5.74, 6) is 1.16. The maximum absolute atomic E-state index is 12.8. The minimum Gasteiger partial charge on any atom is -0.325 e. The smallest absolute Gasteiger partial charge is 0.234 e. The van der Waals surface area contributed by atoms with E-state index in [0.717, 1.165) is 28.1 Å². The summed E-state index contributed by atoms with van der Waals surface area (Å²) < 4.78 is 1.96. The molecule has 0 fully saturated rings. The topological polar surface area (TPSA) is 72.7 Å². The highest BCUT2D eigenvalue weighted by atomic mass is 32.2. The van der Waals surface area contributed by atoms with Gasteiger partial charge in [0, 0.05) is 29.3 Å². The maximum Gasteiger partial charge on any atom is 0.234 e. The van der Waals surface area contributed by atoms with Gasteiger partial charge in [-0.2, -0.15) is 0 Å². The van der Waals surface area contributed by atoms with Crippen molar-refractivity contribution < 1.29 is 4.79 Å². The number of amides is 1. The van der Waals surface area contributed by atoms with E-state index in [1.807, 2.05) is 66.1 Å². The van der Waals surface area contributed by atoms with Gasteiger partial charge in [0.2, 0.25) is 5.91 Å². The Kier molecular flexibility index (Phi) is 6.66. The molecule has 0 aliphatic carbocycles. The molecule has 2 aromatic carbocycles. The van der Waals surface area contributed by atoms with Crippen LogP contribution in [0.4, 0.5) is 5.69 Å². The molecule has 0 unspecified atom stereocenters. The first-order chi connectivity index (χ1) is 15.5. The molecule has 4 rings (SSSR count). The number of carbonyl (C=O) groups is 1. The number of benzene rings is 2. The summed E-state index contributed by atoms with van der Waals surface area (Å²) in [7, 11) is 0. The van der Waals surface area contributed by atoms with Crippen LogP contribution in [0.15, 0.2) is 78.2 Å². The lowest BCUT2D eigenvalue weighted by molar-refractivity contribution is -0.113. The number of hydrogen-bond donors (Lipinski definition) is 1. The first-order valence-corrected chi connectivity index (χ1v) is 11.5. The first kappa shape index (κ1) is 21.8. The molecule has 0 saturated heterocycles. The van der Waals surface area contributed by atoms with Gasteiger partial charge in [-0.1, -0.05) is 62.0 Å². The number of para-hydroxylation sites is 2. The minimum atomic E-state index is -0.0725. The molecular weight excluding hydrogens is 418 g/mol. The average Bonchev–Trinajstić information content (AvgIpc) is 3.24. The maximum atomic E-state index is 12.8. The molecule has 0 saturated carbocycles. The van der Waals surface area contributed by atoms with E-state index < -0.39 is 0 Å². The monoisotopic (exact) mass is 443 g/mol. The van der Waals surface area contributed by atoms with Crippen LogP contribution in [0.2, 0.25) is 0 Å². The number of anilines is 1. The third-order valence-electron chi connectivity index (χ3n) is 5.09. The number of aryl methyl sites for hydroxylation is 1. The van der Waals surface area contributed by atoms with E-state index >= 15 is 0 Å². The molecule has 7 heteroatoms. The van der Waals surface area contributed by atoms with Crippen LogP contribution in [0.3, 0.4) is 0 Å². The van der Waals surface area contributed by atoms with Gasteiger partial charge in [-0.05, 0) is 48.2 Å². The Balaban J connectivity index is 1.58. The summed E-state index contributed by atoms with van der Waals surface area (Å²) in [6.07, 6.45) is 3.49. The molecular formula is C25H25N5OS. The van der Waals surface area contributed by atoms with Gasteiger partial charge in [-0.25, -0.2) is 0 Å². The average molecular weight is 444 g/mol. The summed E-state index contributed by atoms with van der Waals surface area (Å²) in [5.41, 5.74) is 4.88. The summed E-state index contributed by atoms with van der Waals surface area (Å²) in [6.45, 7) is 6.27. The Morgan fingerprint density at radius 3 is 2.56 bits per heavy atom. The summed E-state index contributed by atoms with van der Waals surface area (Å²) >= 11 is 1.36. The standard InChI is InChI=1S/C25H25N5OS/c1-17(2)21-13-7-9-18(3)23(21)27-22(31)16-32-25-29-28-24(19-10-8-14-26-15-19)30(25)20-11-5-4-6-12-20/h4-15,17H,16H2,1-3H3,(H,27,31). The van der Waals surface area contributed by atoms with Crippen molar-refractivity contribution >= 4 is 23.4 Å². The van der Waals surface area contributed by atoms with Crippen molar-refractivity contribution in [2.24, 2.45) is 0 Å². The molecule has 0 radical (unpaired) electrons. The van der Waals surface area contributed by atoms with E-state index in [9.17, 15) is 4.79 Å². The summed E-state index contributed by atoms with van der Waals surface area (Å²) in [4.78, 5) is 17.0. The van der Waals surface area contributed by atoms with Crippen LogP contribution < -0.4 is 5.32 Å². The molecule has 32 heavy (non-hydrogen) atoms. The predicted molar refractivity (Wildman–Crippen MR) is 129 cm³/mol. The second-order valence-electron chi connectivity index (χ2n) is 7.75. The number of rotatable bonds is 7. The highest BCUT2D eigenvalue weighted by Crippen LogP contribution is 2.29. The second kappa shape index (κ2) is 9.78. The van der Waals surface area contributed by atoms with Crippen LogP contribution in [0.5, 0.6) is 0 Å². The fraction of sp³-hybridized carbons (Fsp3) is 0.200. The lowest BCUT2D eigenvalue weighted by atomic mass is 9.98. The second-order valence-corrected chi connectivity index (χ2v) is 8.69. The van der Waals surface area contributed by atoms with Crippen LogP contribution >= 0.6 is 11.8 Å². The number of thioether (sulfide) groups is 1. The fourth-order valence-corrected chi connectivity index (χ4v) is 4.26. The lowest BCUT2D eigenvalue weighted by Gasteiger charge is -2.16. The summed E-state index contributed by atoms with van der Waals surface area (Å²) in [6, 6.07) is 19.8. The largest absolute Gasteiger partial charge is 0.325 e. The van der Waals surface area contributed by atoms with Crippen LogP contribution in [0.25, 0.3) is 17.1 Å². The Bertz CT molecular complexity index is 1210. The van der Waals surface area contributed by atoms with Crippen molar-refractivity contribution in [3.8, 4) is 17.1 Å². The van der Waals surface area contributed by atoms with Crippen LogP contribution in [-0.4, -0.2) is 31.4 Å². The van der Waals surface area contributed by atoms with Gasteiger partial charge in [0.15, 0.2) is 11.0 Å². The van der Waals surface area contributed by atoms with Crippen LogP contribution in [-0.2, 0) is 4.79 Å². The molecule has 0 aliphatic heterocycles. The van der Waals surface area contributed by atoms with E-state index in [1.54, 1.807) is 12.4 Å². The normalized spacial score (nSPS) is 11.0. The van der Waals surface area contributed by atoms with E-state index in [2.05, 4.69) is 40.4 Å². The number of nitrogens with one attached hydrogen (secondary N) is 1. The zero-order valence-electron chi connectivity index (χ0n) is 18.3. The molecule has 0 atom stereocenters. The van der Waals surface area contributed by atoms with E-state index in [1.165, 1.54) is 11.8 Å². The predicted octanol–water partition coefficient (Wildman–Crippen LogP) is 5.49. The number of hydrogen-bond acceptors (Lipinski definition) is 5. The van der Waals surface area contributed by atoms with Crippen molar-refractivity contribution in [1.82, 2.24) is 19.7 Å². The quantitative estimate of drug-likeness (QED) is 0.382. The van der Waals surface area contributed by atoms with Gasteiger partial charge in [0.1, 0.15) is 0 Å². The van der Waals surface area contributed by atoms with E-state index in [4.69, 9.17) is 0 Å². The van der Waals surface area contributed by atoms with E-state index in [0.29, 0.717) is 16.9 Å². The van der Waals surface area contributed by atoms with Crippen molar-refractivity contribution in [2.75, 3.05) is 11.1 Å². The Labute approximate surface area is 192 Å².